The van der Waals surface area contributed by atoms with E-state index in [1.165, 1.54) is 5.56 Å². The van der Waals surface area contributed by atoms with Crippen LogP contribution in [0.2, 0.25) is 0 Å². The first-order chi connectivity index (χ1) is 10.3. The van der Waals surface area contributed by atoms with Crippen molar-refractivity contribution in [1.29, 1.82) is 0 Å². The zero-order chi connectivity index (χ0) is 14.2. The molecular formula is C18H17NO2. The van der Waals surface area contributed by atoms with Crippen molar-refractivity contribution in [2.75, 3.05) is 13.2 Å². The first-order valence-electron chi connectivity index (χ1n) is 7.44. The van der Waals surface area contributed by atoms with E-state index in [0.717, 1.165) is 48.4 Å². The number of ether oxygens (including phenoxy) is 1. The molecule has 2 aliphatic heterocycles. The Morgan fingerprint density at radius 3 is 2.95 bits per heavy atom. The van der Waals surface area contributed by atoms with Crippen molar-refractivity contribution in [2.45, 2.75) is 18.9 Å². The van der Waals surface area contributed by atoms with Crippen LogP contribution in [-0.4, -0.2) is 18.9 Å². The average molecular weight is 279 g/mol. The second-order valence-corrected chi connectivity index (χ2v) is 5.62. The van der Waals surface area contributed by atoms with Gasteiger partial charge in [-0.1, -0.05) is 24.3 Å². The normalized spacial score (nSPS) is 19.5. The van der Waals surface area contributed by atoms with Crippen LogP contribution in [0, 0.1) is 0 Å². The number of Topliss-reactive ketones (excluding diaryl/α,β-unsaturated/α-hetero) is 1. The van der Waals surface area contributed by atoms with Crippen LogP contribution in [0.15, 0.2) is 42.5 Å². The summed E-state index contributed by atoms with van der Waals surface area (Å²) in [7, 11) is 0. The number of benzene rings is 2. The molecule has 0 fully saturated rings. The van der Waals surface area contributed by atoms with Gasteiger partial charge in [0.05, 0.1) is 12.6 Å². The Bertz CT molecular complexity index is 708. The van der Waals surface area contributed by atoms with E-state index in [9.17, 15) is 4.79 Å². The Balaban J connectivity index is 1.70. The molecule has 106 valence electrons. The molecule has 0 bridgehead atoms. The van der Waals surface area contributed by atoms with Crippen molar-refractivity contribution in [3.63, 3.8) is 0 Å². The van der Waals surface area contributed by atoms with Crippen LogP contribution in [-0.2, 0) is 12.8 Å². The van der Waals surface area contributed by atoms with Crippen molar-refractivity contribution in [2.24, 2.45) is 0 Å². The molecule has 1 atom stereocenters. The van der Waals surface area contributed by atoms with Gasteiger partial charge in [0.25, 0.3) is 0 Å². The van der Waals surface area contributed by atoms with Gasteiger partial charge in [0.15, 0.2) is 5.78 Å². The largest absolute Gasteiger partial charge is 0.493 e. The molecule has 4 rings (SSSR count). The van der Waals surface area contributed by atoms with Gasteiger partial charge in [-0.2, -0.15) is 0 Å². The fraction of sp³-hybridized carbons (Fsp3) is 0.278. The van der Waals surface area contributed by atoms with Crippen LogP contribution >= 0.6 is 0 Å². The van der Waals surface area contributed by atoms with Crippen molar-refractivity contribution in [3.05, 3.63) is 64.7 Å². The Hall–Kier alpha value is -2.13. The lowest BCUT2D eigenvalue weighted by Crippen LogP contribution is -2.35. The number of hydrogen-bond donors (Lipinski definition) is 1. The van der Waals surface area contributed by atoms with Gasteiger partial charge in [-0.05, 0) is 41.3 Å². The van der Waals surface area contributed by atoms with Crippen molar-refractivity contribution >= 4 is 5.78 Å². The third-order valence-electron chi connectivity index (χ3n) is 4.35. The van der Waals surface area contributed by atoms with E-state index in [-0.39, 0.29) is 11.8 Å². The highest BCUT2D eigenvalue weighted by Crippen LogP contribution is 2.30. The maximum absolute atomic E-state index is 12.9. The molecule has 2 aromatic rings. The molecule has 0 amide bonds. The topological polar surface area (TPSA) is 38.3 Å². The van der Waals surface area contributed by atoms with E-state index < -0.39 is 0 Å². The van der Waals surface area contributed by atoms with Gasteiger partial charge in [0.2, 0.25) is 0 Å². The Morgan fingerprint density at radius 1 is 1.10 bits per heavy atom. The zero-order valence-electron chi connectivity index (χ0n) is 11.8. The summed E-state index contributed by atoms with van der Waals surface area (Å²) in [4.78, 5) is 12.9. The first kappa shape index (κ1) is 12.6. The summed E-state index contributed by atoms with van der Waals surface area (Å²) in [5.74, 6) is 1.07. The maximum atomic E-state index is 12.9. The Morgan fingerprint density at radius 2 is 2.00 bits per heavy atom. The molecule has 0 saturated heterocycles. The molecule has 2 aliphatic rings. The third-order valence-corrected chi connectivity index (χ3v) is 4.35. The van der Waals surface area contributed by atoms with Crippen LogP contribution < -0.4 is 10.1 Å². The minimum absolute atomic E-state index is 0.150. The summed E-state index contributed by atoms with van der Waals surface area (Å²) in [6.07, 6.45) is 1.88. The molecule has 0 aliphatic carbocycles. The highest BCUT2D eigenvalue weighted by atomic mass is 16.5. The second-order valence-electron chi connectivity index (χ2n) is 5.62. The molecular weight excluding hydrogens is 262 g/mol. The number of carbonyl (C=O) groups excluding carboxylic acids is 1. The van der Waals surface area contributed by atoms with Crippen LogP contribution in [0.1, 0.15) is 33.1 Å². The molecule has 3 heteroatoms. The number of hydrogen-bond acceptors (Lipinski definition) is 3. The van der Waals surface area contributed by atoms with Gasteiger partial charge in [-0.15, -0.1) is 0 Å². The van der Waals surface area contributed by atoms with Crippen LogP contribution in [0.4, 0.5) is 0 Å². The molecule has 3 nitrogen and oxygen atoms in total. The summed E-state index contributed by atoms with van der Waals surface area (Å²) >= 11 is 0. The minimum Gasteiger partial charge on any atom is -0.493 e. The smallest absolute Gasteiger partial charge is 0.184 e. The SMILES string of the molecule is O=C(c1ccc2c(c1)CCO2)C1NCCc2ccccc21. The maximum Gasteiger partial charge on any atom is 0.184 e. The van der Waals surface area contributed by atoms with Gasteiger partial charge in [-0.3, -0.25) is 4.79 Å². The third kappa shape index (κ3) is 2.14. The average Bonchev–Trinajstić information content (AvgIpc) is 3.01. The monoisotopic (exact) mass is 279 g/mol. The van der Waals surface area contributed by atoms with Crippen molar-refractivity contribution in [3.8, 4) is 5.75 Å². The number of nitrogens with one attached hydrogen (secondary N) is 1. The summed E-state index contributed by atoms with van der Waals surface area (Å²) in [5.41, 5.74) is 4.31. The van der Waals surface area contributed by atoms with Crippen LogP contribution in [0.25, 0.3) is 0 Å². The number of ketones is 1. The van der Waals surface area contributed by atoms with Crippen molar-refractivity contribution in [1.82, 2.24) is 5.32 Å². The highest BCUT2D eigenvalue weighted by molar-refractivity contribution is 6.01. The van der Waals surface area contributed by atoms with E-state index >= 15 is 0 Å². The van der Waals surface area contributed by atoms with Gasteiger partial charge in [0, 0.05) is 18.5 Å². The Kier molecular flexibility index (Phi) is 3.00. The zero-order valence-corrected chi connectivity index (χ0v) is 11.8. The van der Waals surface area contributed by atoms with Gasteiger partial charge >= 0.3 is 0 Å². The van der Waals surface area contributed by atoms with E-state index in [1.54, 1.807) is 0 Å². The predicted molar refractivity (Wildman–Crippen MR) is 80.9 cm³/mol. The lowest BCUT2D eigenvalue weighted by atomic mass is 9.89. The van der Waals surface area contributed by atoms with E-state index in [0.29, 0.717) is 0 Å². The lowest BCUT2D eigenvalue weighted by Gasteiger charge is -2.26. The highest BCUT2D eigenvalue weighted by Gasteiger charge is 2.27. The van der Waals surface area contributed by atoms with Crippen LogP contribution in [0.3, 0.4) is 0 Å². The van der Waals surface area contributed by atoms with Gasteiger partial charge in [0.1, 0.15) is 5.75 Å². The van der Waals surface area contributed by atoms with E-state index in [4.69, 9.17) is 4.74 Å². The fourth-order valence-electron chi connectivity index (χ4n) is 3.25. The summed E-state index contributed by atoms with van der Waals surface area (Å²) in [6, 6.07) is 13.8. The number of carbonyl (C=O) groups is 1. The standard InChI is InChI=1S/C18H17NO2/c20-18(14-5-6-16-13(11-14)8-10-21-16)17-15-4-2-1-3-12(15)7-9-19-17/h1-6,11,17,19H,7-10H2. The van der Waals surface area contributed by atoms with Gasteiger partial charge < -0.3 is 10.1 Å². The van der Waals surface area contributed by atoms with Gasteiger partial charge in [-0.25, -0.2) is 0 Å². The second kappa shape index (κ2) is 5.01. The molecule has 1 unspecified atom stereocenters. The Labute approximate surface area is 123 Å². The molecule has 2 heterocycles. The predicted octanol–water partition coefficient (Wildman–Crippen LogP) is 2.69. The molecule has 0 spiro atoms. The van der Waals surface area contributed by atoms with Crippen molar-refractivity contribution < 1.29 is 9.53 Å². The summed E-state index contributed by atoms with van der Waals surface area (Å²) in [5, 5.41) is 3.36. The summed E-state index contributed by atoms with van der Waals surface area (Å²) in [6.45, 7) is 1.57. The number of fused-ring (bicyclic) bond motifs is 2. The molecule has 1 N–H and O–H groups in total. The minimum atomic E-state index is -0.227. The van der Waals surface area contributed by atoms with E-state index in [1.807, 2.05) is 30.3 Å². The molecule has 0 saturated carbocycles. The first-order valence-corrected chi connectivity index (χ1v) is 7.44. The van der Waals surface area contributed by atoms with E-state index in [2.05, 4.69) is 17.4 Å². The van der Waals surface area contributed by atoms with Crippen LogP contribution in [0.5, 0.6) is 5.75 Å². The molecule has 0 radical (unpaired) electrons. The quantitative estimate of drug-likeness (QED) is 0.859. The fourth-order valence-corrected chi connectivity index (χ4v) is 3.25. The molecule has 0 aromatic heterocycles. The molecule has 21 heavy (non-hydrogen) atoms. The summed E-state index contributed by atoms with van der Waals surface area (Å²) < 4.78 is 5.51. The molecule has 2 aromatic carbocycles. The number of rotatable bonds is 2. The lowest BCUT2D eigenvalue weighted by molar-refractivity contribution is 0.0939.